The number of thiazole rings is 1. The van der Waals surface area contributed by atoms with E-state index in [1.165, 1.54) is 24.1 Å². The first-order valence-electron chi connectivity index (χ1n) is 13.1. The number of aliphatic carboxylic acids is 1. The Morgan fingerprint density at radius 3 is 2.27 bits per heavy atom. The number of nitrogens with zero attached hydrogens (tertiary/aromatic N) is 3. The maximum absolute atomic E-state index is 14.0. The standard InChI is InChI=1S/C27H26N7O8PS2/c1-15(35)41-12-16-13-44-25-21(24(37)34(25)22(16)26(38)39)30-23(36)20(19-14-45-27(28)29-19)31-42-43(40,32-17-8-4-2-5-9-17)33-18-10-6-3-7-11-18/h2-11,14,21,25H,12-13H2,1H3,(H2,28,29)(H,30,36)(H,38,39)(H2,32,33,40)/t21-,25+/m0/s1. The molecule has 0 aliphatic carbocycles. The van der Waals surface area contributed by atoms with Gasteiger partial charge in [0, 0.05) is 35.0 Å². The van der Waals surface area contributed by atoms with Crippen LogP contribution in [0.4, 0.5) is 16.5 Å². The van der Waals surface area contributed by atoms with Crippen molar-refractivity contribution < 1.29 is 38.2 Å². The molecule has 0 radical (unpaired) electrons. The number of thioether (sulfide) groups is 1. The number of ether oxygens (including phenoxy) is 1. The smallest absolute Gasteiger partial charge is 0.464 e. The molecule has 0 spiro atoms. The van der Waals surface area contributed by atoms with Crippen molar-refractivity contribution >= 4 is 76.7 Å². The van der Waals surface area contributed by atoms with Crippen molar-refractivity contribution in [1.29, 1.82) is 0 Å². The summed E-state index contributed by atoms with van der Waals surface area (Å²) in [6, 6.07) is 16.0. The molecule has 0 unspecified atom stereocenters. The molecule has 2 amide bonds. The lowest BCUT2D eigenvalue weighted by molar-refractivity contribution is -0.150. The highest BCUT2D eigenvalue weighted by Crippen LogP contribution is 2.47. The Morgan fingerprint density at radius 1 is 1.11 bits per heavy atom. The summed E-state index contributed by atoms with van der Waals surface area (Å²) < 4.78 is 24.5. The van der Waals surface area contributed by atoms with Crippen molar-refractivity contribution in [2.24, 2.45) is 5.16 Å². The molecule has 2 aliphatic heterocycles. The molecule has 234 valence electrons. The van der Waals surface area contributed by atoms with Gasteiger partial charge in [-0.2, -0.15) is 0 Å². The molecule has 2 atom stereocenters. The molecular formula is C27H26N7O8PS2. The van der Waals surface area contributed by atoms with Crippen LogP contribution in [0.1, 0.15) is 12.6 Å². The zero-order valence-corrected chi connectivity index (χ0v) is 25.9. The third kappa shape index (κ3) is 7.28. The van der Waals surface area contributed by atoms with Gasteiger partial charge in [-0.3, -0.25) is 29.5 Å². The predicted octanol–water partition coefficient (Wildman–Crippen LogP) is 3.08. The van der Waals surface area contributed by atoms with Crippen LogP contribution in [-0.2, 0) is 33.1 Å². The van der Waals surface area contributed by atoms with Crippen molar-refractivity contribution in [2.45, 2.75) is 18.3 Å². The number of benzene rings is 2. The van der Waals surface area contributed by atoms with Crippen LogP contribution in [0.25, 0.3) is 0 Å². The van der Waals surface area contributed by atoms with E-state index in [2.05, 4.69) is 25.6 Å². The van der Waals surface area contributed by atoms with Crippen molar-refractivity contribution in [1.82, 2.24) is 15.2 Å². The fourth-order valence-electron chi connectivity index (χ4n) is 4.33. The topological polar surface area (TPSA) is 215 Å². The van der Waals surface area contributed by atoms with Gasteiger partial charge in [-0.1, -0.05) is 41.6 Å². The fourth-order valence-corrected chi connectivity index (χ4v) is 7.51. The number of oxime groups is 1. The maximum Gasteiger partial charge on any atom is 0.464 e. The number of carboxylic acid groups (broad SMARTS) is 1. The van der Waals surface area contributed by atoms with Gasteiger partial charge in [0.05, 0.1) is 0 Å². The molecule has 3 aromatic rings. The van der Waals surface area contributed by atoms with Gasteiger partial charge in [-0.15, -0.1) is 23.1 Å². The second-order valence-corrected chi connectivity index (χ2v) is 13.2. The normalized spacial score (nSPS) is 17.9. The van der Waals surface area contributed by atoms with Gasteiger partial charge in [0.1, 0.15) is 29.4 Å². The Morgan fingerprint density at radius 2 is 1.73 bits per heavy atom. The number of amides is 2. The van der Waals surface area contributed by atoms with Crippen LogP contribution in [-0.4, -0.2) is 68.2 Å². The number of rotatable bonds is 12. The molecule has 1 fully saturated rings. The van der Waals surface area contributed by atoms with Gasteiger partial charge in [0.25, 0.3) is 11.8 Å². The lowest BCUT2D eigenvalue weighted by Gasteiger charge is -2.49. The first-order chi connectivity index (χ1) is 21.5. The first-order valence-corrected chi connectivity index (χ1v) is 16.7. The highest BCUT2D eigenvalue weighted by atomic mass is 32.2. The molecule has 6 N–H and O–H groups in total. The van der Waals surface area contributed by atoms with Crippen LogP contribution in [0, 0.1) is 0 Å². The minimum atomic E-state index is -4.08. The van der Waals surface area contributed by atoms with E-state index in [9.17, 15) is 28.8 Å². The molecule has 45 heavy (non-hydrogen) atoms. The van der Waals surface area contributed by atoms with Gasteiger partial charge < -0.3 is 25.5 Å². The third-order valence-corrected chi connectivity index (χ3v) is 9.74. The molecule has 1 saturated heterocycles. The number of para-hydroxylation sites is 2. The Labute approximate surface area is 264 Å². The van der Waals surface area contributed by atoms with E-state index in [4.69, 9.17) is 15.1 Å². The number of carbonyl (C=O) groups excluding carboxylic acids is 3. The lowest BCUT2D eigenvalue weighted by atomic mass is 10.0. The van der Waals surface area contributed by atoms with E-state index in [1.54, 1.807) is 60.7 Å². The molecule has 0 saturated carbocycles. The van der Waals surface area contributed by atoms with Crippen LogP contribution < -0.4 is 21.2 Å². The number of hydrogen-bond acceptors (Lipinski definition) is 12. The number of fused-ring (bicyclic) bond motifs is 1. The molecule has 18 heteroatoms. The van der Waals surface area contributed by atoms with Crippen molar-refractivity contribution in [2.75, 3.05) is 28.3 Å². The third-order valence-electron chi connectivity index (χ3n) is 6.31. The molecule has 2 aromatic carbocycles. The average Bonchev–Trinajstić information content (AvgIpc) is 3.44. The number of carbonyl (C=O) groups is 4. The summed E-state index contributed by atoms with van der Waals surface area (Å²) in [5.41, 5.74) is 6.18. The number of aromatic nitrogens is 1. The quantitative estimate of drug-likeness (QED) is 0.0616. The summed E-state index contributed by atoms with van der Waals surface area (Å²) in [5.74, 6) is -3.43. The zero-order valence-electron chi connectivity index (χ0n) is 23.4. The summed E-state index contributed by atoms with van der Waals surface area (Å²) in [6.07, 6.45) is 0. The van der Waals surface area contributed by atoms with E-state index < -0.39 is 48.6 Å². The molecular weight excluding hydrogens is 645 g/mol. The maximum atomic E-state index is 14.0. The average molecular weight is 672 g/mol. The Bertz CT molecular complexity index is 1690. The molecule has 1 aromatic heterocycles. The number of hydrogen-bond donors (Lipinski definition) is 5. The lowest BCUT2D eigenvalue weighted by Crippen LogP contribution is -2.71. The number of nitrogen functional groups attached to an aromatic ring is 1. The summed E-state index contributed by atoms with van der Waals surface area (Å²) in [7, 11) is -4.08. The number of anilines is 3. The number of carboxylic acids is 1. The van der Waals surface area contributed by atoms with E-state index in [0.29, 0.717) is 11.4 Å². The summed E-state index contributed by atoms with van der Waals surface area (Å²) in [5, 5.41) is 22.6. The Kier molecular flexibility index (Phi) is 9.41. The molecule has 3 heterocycles. The summed E-state index contributed by atoms with van der Waals surface area (Å²) in [4.78, 5) is 55.1. The number of esters is 1. The monoisotopic (exact) mass is 671 g/mol. The molecule has 5 rings (SSSR count). The SMILES string of the molecule is CC(=O)OCC1=C(C(=O)O)N2C(=O)[C@H](NC(=O)C(=NOP(=O)(Nc3ccccc3)Nc3ccccc3)c3csc(N)n3)[C@H]2SC1. The van der Waals surface area contributed by atoms with Crippen LogP contribution in [0.2, 0.25) is 0 Å². The Hall–Kier alpha value is -4.86. The molecule has 0 bridgehead atoms. The highest BCUT2D eigenvalue weighted by molar-refractivity contribution is 8.00. The van der Waals surface area contributed by atoms with Crippen molar-refractivity contribution in [3.8, 4) is 0 Å². The van der Waals surface area contributed by atoms with Gasteiger partial charge in [0.2, 0.25) is 0 Å². The minimum Gasteiger partial charge on any atom is -0.477 e. The van der Waals surface area contributed by atoms with E-state index >= 15 is 0 Å². The van der Waals surface area contributed by atoms with Gasteiger partial charge in [-0.25, -0.2) is 14.3 Å². The van der Waals surface area contributed by atoms with Crippen LogP contribution in [0.15, 0.2) is 82.5 Å². The van der Waals surface area contributed by atoms with Crippen molar-refractivity contribution in [3.63, 3.8) is 0 Å². The number of nitrogens with two attached hydrogens (primary N) is 1. The number of β-lactam (4-membered cyclic amide) rings is 1. The van der Waals surface area contributed by atoms with E-state index in [1.807, 2.05) is 0 Å². The van der Waals surface area contributed by atoms with Crippen LogP contribution in [0.3, 0.4) is 0 Å². The predicted molar refractivity (Wildman–Crippen MR) is 168 cm³/mol. The zero-order chi connectivity index (χ0) is 32.1. The Balaban J connectivity index is 1.39. The van der Waals surface area contributed by atoms with Crippen LogP contribution in [0.5, 0.6) is 0 Å². The van der Waals surface area contributed by atoms with Gasteiger partial charge >= 0.3 is 19.6 Å². The van der Waals surface area contributed by atoms with Gasteiger partial charge in [0.15, 0.2) is 10.8 Å². The second kappa shape index (κ2) is 13.4. The van der Waals surface area contributed by atoms with Crippen LogP contribution >= 0.6 is 30.8 Å². The summed E-state index contributed by atoms with van der Waals surface area (Å²) >= 11 is 2.21. The first kappa shape index (κ1) is 31.6. The number of nitrogens with one attached hydrogen (secondary N) is 3. The fraction of sp³-hybridized carbons (Fsp3) is 0.185. The minimum absolute atomic E-state index is 0.00399. The molecule has 2 aliphatic rings. The highest BCUT2D eigenvalue weighted by Gasteiger charge is 2.54. The van der Waals surface area contributed by atoms with Gasteiger partial charge in [-0.05, 0) is 24.3 Å². The largest absolute Gasteiger partial charge is 0.477 e. The summed E-state index contributed by atoms with van der Waals surface area (Å²) in [6.45, 7) is 0.901. The molecule has 15 nitrogen and oxygen atoms in total. The van der Waals surface area contributed by atoms with Crippen molar-refractivity contribution in [3.05, 3.63) is 83.0 Å². The second-order valence-electron chi connectivity index (χ2n) is 9.50. The van der Waals surface area contributed by atoms with E-state index in [0.717, 1.165) is 16.2 Å². The van der Waals surface area contributed by atoms with E-state index in [-0.39, 0.29) is 34.5 Å².